The van der Waals surface area contributed by atoms with Gasteiger partial charge in [-0.3, -0.25) is 4.79 Å². The molecule has 0 fully saturated rings. The fourth-order valence-corrected chi connectivity index (χ4v) is 3.12. The fourth-order valence-electron chi connectivity index (χ4n) is 3.12. The lowest BCUT2D eigenvalue weighted by Crippen LogP contribution is -2.20. The van der Waals surface area contributed by atoms with Crippen molar-refractivity contribution in [3.05, 3.63) is 35.4 Å². The molecule has 25 heavy (non-hydrogen) atoms. The van der Waals surface area contributed by atoms with Crippen LogP contribution in [-0.2, 0) is 6.42 Å². The molecule has 1 heteroatoms. The van der Waals surface area contributed by atoms with Crippen LogP contribution in [0.3, 0.4) is 0 Å². The first-order valence-corrected chi connectivity index (χ1v) is 10.2. The Morgan fingerprint density at radius 1 is 0.720 bits per heavy atom. The van der Waals surface area contributed by atoms with Gasteiger partial charge in [0.15, 0.2) is 5.78 Å². The number of aryl methyl sites for hydroxylation is 1. The smallest absolute Gasteiger partial charge is 0.168 e. The molecule has 1 aromatic rings. The Morgan fingerprint density at radius 3 is 1.68 bits per heavy atom. The third-order valence-electron chi connectivity index (χ3n) is 4.79. The minimum atomic E-state index is -0.297. The standard InChI is InChI=1S/C24H40O/c1-23(2,3)19-13-11-9-7-8-10-12-14-20-15-17-21(18-16-20)22(25)24(4,5)6/h15-18H,7-14,19H2,1-6H3. The van der Waals surface area contributed by atoms with E-state index in [0.717, 1.165) is 12.0 Å². The van der Waals surface area contributed by atoms with Gasteiger partial charge < -0.3 is 0 Å². The monoisotopic (exact) mass is 344 g/mol. The van der Waals surface area contributed by atoms with Crippen molar-refractivity contribution in [1.29, 1.82) is 0 Å². The van der Waals surface area contributed by atoms with Crippen LogP contribution in [-0.4, -0.2) is 5.78 Å². The molecule has 0 N–H and O–H groups in total. The lowest BCUT2D eigenvalue weighted by atomic mass is 9.86. The van der Waals surface area contributed by atoms with E-state index in [2.05, 4.69) is 32.9 Å². The summed E-state index contributed by atoms with van der Waals surface area (Å²) in [5, 5.41) is 0. The molecule has 0 aliphatic carbocycles. The Hall–Kier alpha value is -1.11. The normalized spacial score (nSPS) is 12.4. The maximum atomic E-state index is 12.2. The van der Waals surface area contributed by atoms with Crippen LogP contribution in [0.5, 0.6) is 0 Å². The number of carbonyl (C=O) groups excluding carboxylic acids is 1. The van der Waals surface area contributed by atoms with Gasteiger partial charge in [0, 0.05) is 11.0 Å². The Morgan fingerprint density at radius 2 is 1.20 bits per heavy atom. The van der Waals surface area contributed by atoms with Crippen LogP contribution in [0.4, 0.5) is 0 Å². The van der Waals surface area contributed by atoms with Gasteiger partial charge in [-0.25, -0.2) is 0 Å². The zero-order chi connectivity index (χ0) is 18.9. The maximum Gasteiger partial charge on any atom is 0.168 e. The lowest BCUT2D eigenvalue weighted by molar-refractivity contribution is 0.0858. The minimum absolute atomic E-state index is 0.227. The van der Waals surface area contributed by atoms with Crippen molar-refractivity contribution in [2.75, 3.05) is 0 Å². The van der Waals surface area contributed by atoms with Crippen LogP contribution in [0.1, 0.15) is 109 Å². The van der Waals surface area contributed by atoms with Gasteiger partial charge in [-0.05, 0) is 30.2 Å². The van der Waals surface area contributed by atoms with Gasteiger partial charge in [-0.15, -0.1) is 0 Å². The van der Waals surface area contributed by atoms with E-state index >= 15 is 0 Å². The van der Waals surface area contributed by atoms with Crippen molar-refractivity contribution in [3.63, 3.8) is 0 Å². The summed E-state index contributed by atoms with van der Waals surface area (Å²) < 4.78 is 0. The summed E-state index contributed by atoms with van der Waals surface area (Å²) >= 11 is 0. The van der Waals surface area contributed by atoms with Crippen molar-refractivity contribution in [3.8, 4) is 0 Å². The molecule has 0 atom stereocenters. The summed E-state index contributed by atoms with van der Waals surface area (Å²) in [4.78, 5) is 12.2. The highest BCUT2D eigenvalue weighted by atomic mass is 16.1. The molecule has 0 saturated carbocycles. The SMILES string of the molecule is CC(C)(C)CCCCCCCCCc1ccc(C(=O)C(C)(C)C)cc1. The predicted molar refractivity (Wildman–Crippen MR) is 110 cm³/mol. The molecule has 0 amide bonds. The van der Waals surface area contributed by atoms with Gasteiger partial charge in [0.1, 0.15) is 0 Å². The van der Waals surface area contributed by atoms with Gasteiger partial charge in [0.25, 0.3) is 0 Å². The molecule has 142 valence electrons. The summed E-state index contributed by atoms with van der Waals surface area (Å²) in [5.74, 6) is 0.227. The number of ketones is 1. The number of unbranched alkanes of at least 4 members (excludes halogenated alkanes) is 6. The summed E-state index contributed by atoms with van der Waals surface area (Å²) in [6.07, 6.45) is 12.0. The van der Waals surface area contributed by atoms with E-state index in [1.807, 2.05) is 32.9 Å². The van der Waals surface area contributed by atoms with Gasteiger partial charge >= 0.3 is 0 Å². The van der Waals surface area contributed by atoms with E-state index in [-0.39, 0.29) is 11.2 Å². The van der Waals surface area contributed by atoms with Crippen molar-refractivity contribution in [1.82, 2.24) is 0 Å². The number of hydrogen-bond donors (Lipinski definition) is 0. The van der Waals surface area contributed by atoms with Crippen LogP contribution in [0.25, 0.3) is 0 Å². The fraction of sp³-hybridized carbons (Fsp3) is 0.708. The molecule has 0 bridgehead atoms. The van der Waals surface area contributed by atoms with Gasteiger partial charge in [-0.1, -0.05) is 104 Å². The van der Waals surface area contributed by atoms with Gasteiger partial charge in [0.05, 0.1) is 0 Å². The van der Waals surface area contributed by atoms with Crippen molar-refractivity contribution in [2.24, 2.45) is 10.8 Å². The van der Waals surface area contributed by atoms with Crippen LogP contribution >= 0.6 is 0 Å². The van der Waals surface area contributed by atoms with Crippen LogP contribution in [0.15, 0.2) is 24.3 Å². The Kier molecular flexibility index (Phi) is 8.89. The average Bonchev–Trinajstić information content (AvgIpc) is 2.51. The summed E-state index contributed by atoms with van der Waals surface area (Å²) in [6.45, 7) is 12.9. The predicted octanol–water partition coefficient (Wildman–Crippen LogP) is 7.62. The molecule has 1 nitrogen and oxygen atoms in total. The highest BCUT2D eigenvalue weighted by molar-refractivity contribution is 5.99. The molecule has 0 saturated heterocycles. The van der Waals surface area contributed by atoms with Gasteiger partial charge in [-0.2, -0.15) is 0 Å². The van der Waals surface area contributed by atoms with Gasteiger partial charge in [0.2, 0.25) is 0 Å². The molecule has 0 aliphatic rings. The third-order valence-corrected chi connectivity index (χ3v) is 4.79. The molecule has 1 rings (SSSR count). The highest BCUT2D eigenvalue weighted by Gasteiger charge is 2.22. The number of rotatable bonds is 10. The molecule has 0 aliphatic heterocycles. The van der Waals surface area contributed by atoms with E-state index in [1.54, 1.807) is 0 Å². The Labute approximate surface area is 156 Å². The van der Waals surface area contributed by atoms with Crippen LogP contribution in [0, 0.1) is 10.8 Å². The number of carbonyl (C=O) groups is 1. The third kappa shape index (κ3) is 9.82. The molecular weight excluding hydrogens is 304 g/mol. The second-order valence-electron chi connectivity index (χ2n) is 9.81. The topological polar surface area (TPSA) is 17.1 Å². The number of Topliss-reactive ketones (excluding diaryl/α,β-unsaturated/α-hetero) is 1. The summed E-state index contributed by atoms with van der Waals surface area (Å²) in [7, 11) is 0. The number of hydrogen-bond acceptors (Lipinski definition) is 1. The first kappa shape index (κ1) is 21.9. The average molecular weight is 345 g/mol. The second kappa shape index (κ2) is 10.1. The summed E-state index contributed by atoms with van der Waals surface area (Å²) in [5.41, 5.74) is 2.39. The quantitative estimate of drug-likeness (QED) is 0.315. The van der Waals surface area contributed by atoms with E-state index in [4.69, 9.17) is 0 Å². The Bertz CT molecular complexity index is 496. The van der Waals surface area contributed by atoms with E-state index < -0.39 is 0 Å². The molecule has 0 radical (unpaired) electrons. The molecule has 0 unspecified atom stereocenters. The first-order chi connectivity index (χ1) is 11.6. The molecule has 0 heterocycles. The highest BCUT2D eigenvalue weighted by Crippen LogP contribution is 2.23. The van der Waals surface area contributed by atoms with Crippen LogP contribution in [0.2, 0.25) is 0 Å². The Balaban J connectivity index is 2.14. The maximum absolute atomic E-state index is 12.2. The van der Waals surface area contributed by atoms with E-state index in [1.165, 1.54) is 56.9 Å². The molecular formula is C24H40O. The van der Waals surface area contributed by atoms with Crippen molar-refractivity contribution in [2.45, 2.75) is 99.3 Å². The van der Waals surface area contributed by atoms with Crippen molar-refractivity contribution >= 4 is 5.78 Å². The minimum Gasteiger partial charge on any atom is -0.294 e. The zero-order valence-corrected chi connectivity index (χ0v) is 17.6. The molecule has 0 aromatic heterocycles. The van der Waals surface area contributed by atoms with Crippen molar-refractivity contribution < 1.29 is 4.79 Å². The second-order valence-corrected chi connectivity index (χ2v) is 9.81. The summed E-state index contributed by atoms with van der Waals surface area (Å²) in [6, 6.07) is 8.26. The van der Waals surface area contributed by atoms with E-state index in [0.29, 0.717) is 5.41 Å². The number of benzene rings is 1. The van der Waals surface area contributed by atoms with Crippen LogP contribution < -0.4 is 0 Å². The molecule has 0 spiro atoms. The largest absolute Gasteiger partial charge is 0.294 e. The molecule has 1 aromatic carbocycles. The first-order valence-electron chi connectivity index (χ1n) is 10.2. The zero-order valence-electron chi connectivity index (χ0n) is 17.6. The van der Waals surface area contributed by atoms with E-state index in [9.17, 15) is 4.79 Å². The lowest BCUT2D eigenvalue weighted by Gasteiger charge is -2.17.